The Balaban J connectivity index is 1.52. The quantitative estimate of drug-likeness (QED) is 0.541. The van der Waals surface area contributed by atoms with E-state index in [2.05, 4.69) is 10.3 Å². The second-order valence-electron chi connectivity index (χ2n) is 6.64. The van der Waals surface area contributed by atoms with Crippen LogP contribution >= 0.6 is 11.8 Å². The number of nitrogens with one attached hydrogen (secondary N) is 1. The van der Waals surface area contributed by atoms with E-state index in [1.807, 2.05) is 30.3 Å². The molecule has 9 heteroatoms. The summed E-state index contributed by atoms with van der Waals surface area (Å²) in [6, 6.07) is 15.2. The van der Waals surface area contributed by atoms with Crippen LogP contribution in [0.2, 0.25) is 0 Å². The van der Waals surface area contributed by atoms with Crippen LogP contribution in [0, 0.1) is 10.1 Å². The van der Waals surface area contributed by atoms with E-state index in [0.717, 1.165) is 22.9 Å². The highest BCUT2D eigenvalue weighted by Crippen LogP contribution is 2.19. The number of thioether (sulfide) groups is 1. The Bertz CT molecular complexity index is 932. The lowest BCUT2D eigenvalue weighted by Crippen LogP contribution is -2.41. The van der Waals surface area contributed by atoms with Crippen molar-refractivity contribution in [2.24, 2.45) is 4.99 Å². The van der Waals surface area contributed by atoms with Gasteiger partial charge >= 0.3 is 0 Å². The van der Waals surface area contributed by atoms with Crippen molar-refractivity contribution < 1.29 is 14.5 Å². The standard InChI is InChI=1S/C21H22N4O4S/c26-19(11-12-22-20(27)17-7-9-18(10-8-17)25(28)29)24-13-4-14-30-21(24)23-15-16-5-2-1-3-6-16/h1-3,5-10H,4,11-15H2,(H,22,27). The van der Waals surface area contributed by atoms with E-state index in [4.69, 9.17) is 0 Å². The molecule has 2 aromatic carbocycles. The fourth-order valence-electron chi connectivity index (χ4n) is 2.92. The molecule has 1 saturated heterocycles. The van der Waals surface area contributed by atoms with Crippen LogP contribution in [0.3, 0.4) is 0 Å². The lowest BCUT2D eigenvalue weighted by Gasteiger charge is -2.28. The van der Waals surface area contributed by atoms with Gasteiger partial charge in [0.25, 0.3) is 11.6 Å². The molecule has 8 nitrogen and oxygen atoms in total. The number of nitro groups is 1. The topological polar surface area (TPSA) is 105 Å². The summed E-state index contributed by atoms with van der Waals surface area (Å²) in [6.45, 7) is 1.32. The van der Waals surface area contributed by atoms with Gasteiger partial charge in [-0.05, 0) is 24.1 Å². The molecule has 0 radical (unpaired) electrons. The zero-order valence-corrected chi connectivity index (χ0v) is 17.1. The molecule has 0 bridgehead atoms. The maximum absolute atomic E-state index is 12.7. The first-order chi connectivity index (χ1) is 14.5. The zero-order valence-electron chi connectivity index (χ0n) is 16.3. The number of hydrogen-bond acceptors (Lipinski definition) is 6. The molecule has 1 heterocycles. The van der Waals surface area contributed by atoms with Crippen LogP contribution in [0.1, 0.15) is 28.8 Å². The van der Waals surface area contributed by atoms with Gasteiger partial charge in [0.2, 0.25) is 5.91 Å². The lowest BCUT2D eigenvalue weighted by atomic mass is 10.2. The number of benzene rings is 2. The molecule has 0 unspecified atom stereocenters. The van der Waals surface area contributed by atoms with Crippen molar-refractivity contribution in [3.63, 3.8) is 0 Å². The monoisotopic (exact) mass is 426 g/mol. The number of rotatable bonds is 7. The van der Waals surface area contributed by atoms with Crippen LogP contribution < -0.4 is 5.32 Å². The number of non-ortho nitro benzene ring substituents is 1. The molecule has 1 aliphatic heterocycles. The van der Waals surface area contributed by atoms with Crippen molar-refractivity contribution in [1.29, 1.82) is 0 Å². The van der Waals surface area contributed by atoms with Crippen LogP contribution in [0.15, 0.2) is 59.6 Å². The molecular formula is C21H22N4O4S. The Labute approximate surface area is 178 Å². The molecule has 2 amide bonds. The van der Waals surface area contributed by atoms with Crippen molar-refractivity contribution in [2.45, 2.75) is 19.4 Å². The van der Waals surface area contributed by atoms with Gasteiger partial charge in [0.15, 0.2) is 5.17 Å². The SMILES string of the molecule is O=C(NCCC(=O)N1CCCSC1=NCc1ccccc1)c1ccc([N+](=O)[O-])cc1. The molecule has 30 heavy (non-hydrogen) atoms. The molecule has 1 fully saturated rings. The molecule has 3 rings (SSSR count). The number of carbonyl (C=O) groups is 2. The number of amidine groups is 1. The molecule has 1 N–H and O–H groups in total. The molecule has 0 saturated carbocycles. The van der Waals surface area contributed by atoms with Crippen molar-refractivity contribution >= 4 is 34.4 Å². The molecule has 2 aromatic rings. The van der Waals surface area contributed by atoms with Crippen LogP contribution in [-0.2, 0) is 11.3 Å². The predicted molar refractivity (Wildman–Crippen MR) is 116 cm³/mol. The molecule has 1 aliphatic rings. The summed E-state index contributed by atoms with van der Waals surface area (Å²) in [6.07, 6.45) is 1.06. The first-order valence-electron chi connectivity index (χ1n) is 9.59. The van der Waals surface area contributed by atoms with E-state index in [0.29, 0.717) is 18.7 Å². The minimum atomic E-state index is -0.520. The van der Waals surface area contributed by atoms with E-state index in [-0.39, 0.29) is 30.5 Å². The second kappa shape index (κ2) is 10.5. The van der Waals surface area contributed by atoms with Crippen LogP contribution in [-0.4, -0.2) is 45.6 Å². The fourth-order valence-corrected chi connectivity index (χ4v) is 3.88. The van der Waals surface area contributed by atoms with Gasteiger partial charge in [-0.25, -0.2) is 0 Å². The Hall–Kier alpha value is -3.20. The zero-order chi connectivity index (χ0) is 21.3. The summed E-state index contributed by atoms with van der Waals surface area (Å²) in [4.78, 5) is 41.3. The molecular weight excluding hydrogens is 404 g/mol. The average molecular weight is 426 g/mol. The summed E-state index contributed by atoms with van der Waals surface area (Å²) >= 11 is 1.57. The van der Waals surface area contributed by atoms with Crippen molar-refractivity contribution in [3.05, 3.63) is 75.8 Å². The summed E-state index contributed by atoms with van der Waals surface area (Å²) in [5.74, 6) is 0.468. The van der Waals surface area contributed by atoms with E-state index in [1.54, 1.807) is 16.7 Å². The molecule has 0 aromatic heterocycles. The first kappa shape index (κ1) is 21.5. The lowest BCUT2D eigenvalue weighted by molar-refractivity contribution is -0.384. The number of hydrogen-bond donors (Lipinski definition) is 1. The fraction of sp³-hybridized carbons (Fsp3) is 0.286. The average Bonchev–Trinajstić information content (AvgIpc) is 2.78. The van der Waals surface area contributed by atoms with E-state index < -0.39 is 4.92 Å². The largest absolute Gasteiger partial charge is 0.352 e. The summed E-state index contributed by atoms with van der Waals surface area (Å²) in [7, 11) is 0. The number of nitrogens with zero attached hydrogens (tertiary/aromatic N) is 3. The summed E-state index contributed by atoms with van der Waals surface area (Å²) in [5, 5.41) is 14.1. The first-order valence-corrected chi connectivity index (χ1v) is 10.6. The Morgan fingerprint density at radius 1 is 1.13 bits per heavy atom. The normalized spacial score (nSPS) is 15.1. The third-order valence-electron chi connectivity index (χ3n) is 4.49. The minimum absolute atomic E-state index is 0.0772. The van der Waals surface area contributed by atoms with Crippen molar-refractivity contribution in [1.82, 2.24) is 10.2 Å². The van der Waals surface area contributed by atoms with Gasteiger partial charge in [-0.3, -0.25) is 29.6 Å². The van der Waals surface area contributed by atoms with E-state index >= 15 is 0 Å². The number of nitro benzene ring substituents is 1. The molecule has 0 atom stereocenters. The highest BCUT2D eigenvalue weighted by atomic mass is 32.2. The summed E-state index contributed by atoms with van der Waals surface area (Å²) < 4.78 is 0. The molecule has 0 spiro atoms. The third-order valence-corrected chi connectivity index (χ3v) is 5.59. The van der Waals surface area contributed by atoms with Crippen LogP contribution in [0.4, 0.5) is 5.69 Å². The Kier molecular flexibility index (Phi) is 7.56. The number of aliphatic imine (C=N–C) groups is 1. The van der Waals surface area contributed by atoms with Gasteiger partial charge in [0.1, 0.15) is 0 Å². The Morgan fingerprint density at radius 3 is 2.57 bits per heavy atom. The predicted octanol–water partition coefficient (Wildman–Crippen LogP) is 3.24. The maximum atomic E-state index is 12.7. The summed E-state index contributed by atoms with van der Waals surface area (Å²) in [5.41, 5.74) is 1.32. The minimum Gasteiger partial charge on any atom is -0.352 e. The van der Waals surface area contributed by atoms with Crippen LogP contribution in [0.5, 0.6) is 0 Å². The van der Waals surface area contributed by atoms with Gasteiger partial charge in [0.05, 0.1) is 11.5 Å². The van der Waals surface area contributed by atoms with Gasteiger partial charge in [0, 0.05) is 43.0 Å². The smallest absolute Gasteiger partial charge is 0.269 e. The van der Waals surface area contributed by atoms with E-state index in [9.17, 15) is 19.7 Å². The van der Waals surface area contributed by atoms with E-state index in [1.165, 1.54) is 24.3 Å². The van der Waals surface area contributed by atoms with Gasteiger partial charge in [-0.15, -0.1) is 0 Å². The van der Waals surface area contributed by atoms with Crippen LogP contribution in [0.25, 0.3) is 0 Å². The van der Waals surface area contributed by atoms with Gasteiger partial charge in [-0.1, -0.05) is 42.1 Å². The third kappa shape index (κ3) is 5.90. The Morgan fingerprint density at radius 2 is 1.87 bits per heavy atom. The molecule has 156 valence electrons. The molecule has 0 aliphatic carbocycles. The highest BCUT2D eigenvalue weighted by Gasteiger charge is 2.23. The maximum Gasteiger partial charge on any atom is 0.269 e. The highest BCUT2D eigenvalue weighted by molar-refractivity contribution is 8.13. The second-order valence-corrected chi connectivity index (χ2v) is 7.70. The van der Waals surface area contributed by atoms with Crippen molar-refractivity contribution in [3.8, 4) is 0 Å². The number of carbonyl (C=O) groups excluding carboxylic acids is 2. The van der Waals surface area contributed by atoms with Crippen molar-refractivity contribution in [2.75, 3.05) is 18.8 Å². The number of amides is 2. The van der Waals surface area contributed by atoms with Gasteiger partial charge < -0.3 is 5.32 Å². The van der Waals surface area contributed by atoms with Gasteiger partial charge in [-0.2, -0.15) is 0 Å².